The standard InChI is InChI=1S/C11H22N2O3/c1-12-8-4-6-10(14)13(2)9-5-7-11(15)16-3/h12H,4-9H2,1-3H3. The van der Waals surface area contributed by atoms with E-state index in [0.717, 1.165) is 13.0 Å². The van der Waals surface area contributed by atoms with Crippen molar-refractivity contribution < 1.29 is 14.3 Å². The molecule has 1 amide bonds. The minimum absolute atomic E-state index is 0.125. The van der Waals surface area contributed by atoms with Gasteiger partial charge in [0, 0.05) is 26.4 Å². The van der Waals surface area contributed by atoms with Crippen LogP contribution in [0.4, 0.5) is 0 Å². The first kappa shape index (κ1) is 14.9. The quantitative estimate of drug-likeness (QED) is 0.484. The molecule has 0 bridgehead atoms. The zero-order chi connectivity index (χ0) is 12.4. The maximum absolute atomic E-state index is 11.5. The van der Waals surface area contributed by atoms with Crippen LogP contribution in [0.5, 0.6) is 0 Å². The third-order valence-electron chi connectivity index (χ3n) is 2.35. The average Bonchev–Trinajstić information content (AvgIpc) is 2.28. The van der Waals surface area contributed by atoms with Crippen LogP contribution in [0.2, 0.25) is 0 Å². The molecule has 0 saturated heterocycles. The lowest BCUT2D eigenvalue weighted by atomic mass is 10.2. The highest BCUT2D eigenvalue weighted by Gasteiger charge is 2.08. The van der Waals surface area contributed by atoms with Gasteiger partial charge < -0.3 is 15.0 Å². The zero-order valence-corrected chi connectivity index (χ0v) is 10.4. The van der Waals surface area contributed by atoms with Crippen molar-refractivity contribution in [1.29, 1.82) is 0 Å². The van der Waals surface area contributed by atoms with E-state index in [9.17, 15) is 9.59 Å². The molecule has 5 nitrogen and oxygen atoms in total. The molecule has 0 atom stereocenters. The Labute approximate surface area is 97.1 Å². The van der Waals surface area contributed by atoms with Gasteiger partial charge in [0.2, 0.25) is 5.91 Å². The number of methoxy groups -OCH3 is 1. The Morgan fingerprint density at radius 1 is 1.25 bits per heavy atom. The van der Waals surface area contributed by atoms with Crippen molar-refractivity contribution in [3.8, 4) is 0 Å². The second-order valence-corrected chi connectivity index (χ2v) is 3.70. The molecule has 5 heteroatoms. The molecule has 0 aliphatic rings. The Kier molecular flexibility index (Phi) is 8.52. The van der Waals surface area contributed by atoms with E-state index in [0.29, 0.717) is 25.8 Å². The van der Waals surface area contributed by atoms with Gasteiger partial charge in [-0.3, -0.25) is 9.59 Å². The molecule has 0 saturated carbocycles. The lowest BCUT2D eigenvalue weighted by Gasteiger charge is -2.16. The SMILES string of the molecule is CNCCCC(=O)N(C)CCCC(=O)OC. The van der Waals surface area contributed by atoms with Crippen LogP contribution < -0.4 is 5.32 Å². The van der Waals surface area contributed by atoms with Gasteiger partial charge in [0.25, 0.3) is 0 Å². The second-order valence-electron chi connectivity index (χ2n) is 3.70. The van der Waals surface area contributed by atoms with Crippen LogP contribution in [0.25, 0.3) is 0 Å². The first-order chi connectivity index (χ1) is 7.61. The Morgan fingerprint density at radius 3 is 2.50 bits per heavy atom. The fraction of sp³-hybridized carbons (Fsp3) is 0.818. The van der Waals surface area contributed by atoms with Gasteiger partial charge in [-0.25, -0.2) is 0 Å². The van der Waals surface area contributed by atoms with Crippen LogP contribution in [0.1, 0.15) is 25.7 Å². The molecule has 0 radical (unpaired) electrons. The Hall–Kier alpha value is -1.10. The molecule has 1 N–H and O–H groups in total. The molecule has 94 valence electrons. The van der Waals surface area contributed by atoms with E-state index in [1.807, 2.05) is 7.05 Å². The number of hydrogen-bond acceptors (Lipinski definition) is 4. The predicted octanol–water partition coefficient (Wildman–Crippen LogP) is 0.398. The van der Waals surface area contributed by atoms with Gasteiger partial charge in [0.15, 0.2) is 0 Å². The normalized spacial score (nSPS) is 9.94. The van der Waals surface area contributed by atoms with Gasteiger partial charge in [-0.2, -0.15) is 0 Å². The van der Waals surface area contributed by atoms with E-state index in [2.05, 4.69) is 10.1 Å². The fourth-order valence-corrected chi connectivity index (χ4v) is 1.29. The number of ether oxygens (including phenoxy) is 1. The maximum Gasteiger partial charge on any atom is 0.305 e. The number of nitrogens with one attached hydrogen (secondary N) is 1. The number of rotatable bonds is 8. The van der Waals surface area contributed by atoms with Gasteiger partial charge in [0.05, 0.1) is 7.11 Å². The summed E-state index contributed by atoms with van der Waals surface area (Å²) < 4.78 is 4.52. The topological polar surface area (TPSA) is 58.6 Å². The number of amides is 1. The van der Waals surface area contributed by atoms with Crippen molar-refractivity contribution in [3.05, 3.63) is 0 Å². The lowest BCUT2D eigenvalue weighted by molar-refractivity contribution is -0.141. The molecule has 0 aliphatic carbocycles. The molecule has 0 aromatic heterocycles. The first-order valence-corrected chi connectivity index (χ1v) is 5.57. The van der Waals surface area contributed by atoms with E-state index < -0.39 is 0 Å². The van der Waals surface area contributed by atoms with Crippen molar-refractivity contribution in [3.63, 3.8) is 0 Å². The minimum atomic E-state index is -0.226. The molecular weight excluding hydrogens is 208 g/mol. The Bertz CT molecular complexity index is 219. The second kappa shape index (κ2) is 9.15. The minimum Gasteiger partial charge on any atom is -0.469 e. The van der Waals surface area contributed by atoms with Gasteiger partial charge in [-0.1, -0.05) is 0 Å². The van der Waals surface area contributed by atoms with E-state index in [4.69, 9.17) is 0 Å². The van der Waals surface area contributed by atoms with Crippen molar-refractivity contribution in [2.75, 3.05) is 34.3 Å². The summed E-state index contributed by atoms with van der Waals surface area (Å²) in [5, 5.41) is 3.00. The van der Waals surface area contributed by atoms with Gasteiger partial charge in [-0.15, -0.1) is 0 Å². The molecule has 0 aromatic carbocycles. The summed E-state index contributed by atoms with van der Waals surface area (Å²) in [6.07, 6.45) is 2.41. The summed E-state index contributed by atoms with van der Waals surface area (Å²) >= 11 is 0. The van der Waals surface area contributed by atoms with Crippen LogP contribution in [0.15, 0.2) is 0 Å². The third-order valence-corrected chi connectivity index (χ3v) is 2.35. The zero-order valence-electron chi connectivity index (χ0n) is 10.4. The summed E-state index contributed by atoms with van der Waals surface area (Å²) in [5.74, 6) is -0.101. The van der Waals surface area contributed by atoms with E-state index in [-0.39, 0.29) is 11.9 Å². The number of nitrogens with zero attached hydrogens (tertiary/aromatic N) is 1. The summed E-state index contributed by atoms with van der Waals surface area (Å²) in [6.45, 7) is 1.45. The van der Waals surface area contributed by atoms with Crippen LogP contribution in [-0.4, -0.2) is 51.1 Å². The Morgan fingerprint density at radius 2 is 1.94 bits per heavy atom. The van der Waals surface area contributed by atoms with Crippen LogP contribution >= 0.6 is 0 Å². The summed E-state index contributed by atoms with van der Waals surface area (Å²) in [6, 6.07) is 0. The molecular formula is C11H22N2O3. The van der Waals surface area contributed by atoms with Crippen LogP contribution in [-0.2, 0) is 14.3 Å². The highest BCUT2D eigenvalue weighted by Crippen LogP contribution is 1.99. The van der Waals surface area contributed by atoms with Crippen molar-refractivity contribution >= 4 is 11.9 Å². The smallest absolute Gasteiger partial charge is 0.305 e. The molecule has 16 heavy (non-hydrogen) atoms. The van der Waals surface area contributed by atoms with Crippen LogP contribution in [0.3, 0.4) is 0 Å². The monoisotopic (exact) mass is 230 g/mol. The molecule has 0 rings (SSSR count). The number of hydrogen-bond donors (Lipinski definition) is 1. The molecule has 0 spiro atoms. The summed E-state index contributed by atoms with van der Waals surface area (Å²) in [4.78, 5) is 24.1. The molecule has 0 heterocycles. The van der Waals surface area contributed by atoms with Gasteiger partial charge >= 0.3 is 5.97 Å². The molecule has 0 fully saturated rings. The van der Waals surface area contributed by atoms with E-state index >= 15 is 0 Å². The van der Waals surface area contributed by atoms with E-state index in [1.54, 1.807) is 11.9 Å². The largest absolute Gasteiger partial charge is 0.469 e. The van der Waals surface area contributed by atoms with Gasteiger partial charge in [0.1, 0.15) is 0 Å². The van der Waals surface area contributed by atoms with Crippen molar-refractivity contribution in [2.45, 2.75) is 25.7 Å². The van der Waals surface area contributed by atoms with Crippen molar-refractivity contribution in [2.24, 2.45) is 0 Å². The van der Waals surface area contributed by atoms with Crippen molar-refractivity contribution in [1.82, 2.24) is 10.2 Å². The lowest BCUT2D eigenvalue weighted by Crippen LogP contribution is -2.28. The molecule has 0 aliphatic heterocycles. The predicted molar refractivity (Wildman–Crippen MR) is 62.0 cm³/mol. The molecule has 0 unspecified atom stereocenters. The highest BCUT2D eigenvalue weighted by molar-refractivity contribution is 5.76. The van der Waals surface area contributed by atoms with Gasteiger partial charge in [-0.05, 0) is 26.4 Å². The summed E-state index contributed by atoms with van der Waals surface area (Å²) in [5.41, 5.74) is 0. The fourth-order valence-electron chi connectivity index (χ4n) is 1.29. The first-order valence-electron chi connectivity index (χ1n) is 5.57. The molecule has 0 aromatic rings. The third kappa shape index (κ3) is 7.23. The summed E-state index contributed by atoms with van der Waals surface area (Å²) in [7, 11) is 5.00. The highest BCUT2D eigenvalue weighted by atomic mass is 16.5. The van der Waals surface area contributed by atoms with E-state index in [1.165, 1.54) is 7.11 Å². The van der Waals surface area contributed by atoms with Crippen LogP contribution in [0, 0.1) is 0 Å². The number of esters is 1. The number of carbonyl (C=O) groups is 2. The Balaban J connectivity index is 3.58. The average molecular weight is 230 g/mol. The maximum atomic E-state index is 11.5. The number of carbonyl (C=O) groups excluding carboxylic acids is 2.